The van der Waals surface area contributed by atoms with Crippen LogP contribution in [0.1, 0.15) is 17.8 Å². The zero-order chi connectivity index (χ0) is 17.2. The molecule has 1 atom stereocenters. The van der Waals surface area contributed by atoms with Crippen LogP contribution in [0.25, 0.3) is 11.3 Å². The lowest BCUT2D eigenvalue weighted by molar-refractivity contribution is 0.544. The van der Waals surface area contributed by atoms with E-state index in [0.29, 0.717) is 6.04 Å². The average Bonchev–Trinajstić information content (AvgIpc) is 3.33. The Morgan fingerprint density at radius 3 is 2.84 bits per heavy atom. The normalized spacial score (nSPS) is 17.4. The summed E-state index contributed by atoms with van der Waals surface area (Å²) in [5.41, 5.74) is 4.33. The molecule has 2 N–H and O–H groups in total. The van der Waals surface area contributed by atoms with Gasteiger partial charge in [-0.15, -0.1) is 0 Å². The summed E-state index contributed by atoms with van der Waals surface area (Å²) in [6.07, 6.45) is 1.14. The van der Waals surface area contributed by atoms with Crippen molar-refractivity contribution in [2.24, 2.45) is 7.05 Å². The largest absolute Gasteiger partial charge is 0.355 e. The first-order chi connectivity index (χ1) is 12.2. The summed E-state index contributed by atoms with van der Waals surface area (Å²) in [4.78, 5) is 2.40. The van der Waals surface area contributed by atoms with Crippen LogP contribution in [-0.4, -0.2) is 39.1 Å². The third-order valence-corrected chi connectivity index (χ3v) is 4.77. The quantitative estimate of drug-likeness (QED) is 0.751. The van der Waals surface area contributed by atoms with Crippen LogP contribution >= 0.6 is 0 Å². The van der Waals surface area contributed by atoms with Gasteiger partial charge in [-0.2, -0.15) is 10.2 Å². The van der Waals surface area contributed by atoms with E-state index in [9.17, 15) is 0 Å². The second-order valence-electron chi connectivity index (χ2n) is 6.72. The molecule has 130 valence electrons. The molecular weight excluding hydrogens is 312 g/mol. The third-order valence-electron chi connectivity index (χ3n) is 4.77. The van der Waals surface area contributed by atoms with Gasteiger partial charge in [0, 0.05) is 50.0 Å². The SMILES string of the molecule is Cc1cc(N2CCC(NCc3cc(-c4ccccc4)n[nH]3)C2)n(C)n1. The van der Waals surface area contributed by atoms with Gasteiger partial charge in [0.2, 0.25) is 0 Å². The van der Waals surface area contributed by atoms with E-state index in [1.165, 1.54) is 5.82 Å². The van der Waals surface area contributed by atoms with Gasteiger partial charge < -0.3 is 10.2 Å². The summed E-state index contributed by atoms with van der Waals surface area (Å²) in [5.74, 6) is 1.20. The van der Waals surface area contributed by atoms with Gasteiger partial charge in [-0.1, -0.05) is 30.3 Å². The number of aromatic nitrogens is 4. The number of aryl methyl sites for hydroxylation is 2. The number of benzene rings is 1. The standard InChI is InChI=1S/C19H24N6/c1-14-10-19(24(2)23-14)25-9-8-16(13-25)20-12-17-11-18(22-21-17)15-6-4-3-5-7-15/h3-7,10-11,16,20H,8-9,12-13H2,1-2H3,(H,21,22). The van der Waals surface area contributed by atoms with E-state index in [2.05, 4.69) is 49.8 Å². The van der Waals surface area contributed by atoms with Crippen molar-refractivity contribution >= 4 is 5.82 Å². The van der Waals surface area contributed by atoms with Crippen LogP contribution in [0.5, 0.6) is 0 Å². The summed E-state index contributed by atoms with van der Waals surface area (Å²) in [7, 11) is 2.01. The second kappa shape index (κ2) is 6.72. The molecule has 6 heteroatoms. The molecule has 6 nitrogen and oxygen atoms in total. The Morgan fingerprint density at radius 1 is 1.24 bits per heavy atom. The highest BCUT2D eigenvalue weighted by Crippen LogP contribution is 2.21. The van der Waals surface area contributed by atoms with Gasteiger partial charge in [-0.3, -0.25) is 9.78 Å². The van der Waals surface area contributed by atoms with Gasteiger partial charge in [0.05, 0.1) is 11.4 Å². The van der Waals surface area contributed by atoms with Crippen molar-refractivity contribution in [3.8, 4) is 11.3 Å². The monoisotopic (exact) mass is 336 g/mol. The van der Waals surface area contributed by atoms with E-state index >= 15 is 0 Å². The second-order valence-corrected chi connectivity index (χ2v) is 6.72. The van der Waals surface area contributed by atoms with Crippen LogP contribution in [0.2, 0.25) is 0 Å². The molecule has 0 amide bonds. The van der Waals surface area contributed by atoms with Crippen LogP contribution in [0.15, 0.2) is 42.5 Å². The predicted octanol–water partition coefficient (Wildman–Crippen LogP) is 2.49. The van der Waals surface area contributed by atoms with Gasteiger partial charge in [-0.25, -0.2) is 0 Å². The Morgan fingerprint density at radius 2 is 2.08 bits per heavy atom. The molecular formula is C19H24N6. The van der Waals surface area contributed by atoms with Crippen LogP contribution in [0.3, 0.4) is 0 Å². The van der Waals surface area contributed by atoms with Crippen LogP contribution in [0.4, 0.5) is 5.82 Å². The maximum absolute atomic E-state index is 4.45. The van der Waals surface area contributed by atoms with Crippen molar-refractivity contribution < 1.29 is 0 Å². The van der Waals surface area contributed by atoms with Crippen LogP contribution < -0.4 is 10.2 Å². The molecule has 1 aliphatic rings. The van der Waals surface area contributed by atoms with E-state index in [1.807, 2.05) is 36.9 Å². The molecule has 1 fully saturated rings. The van der Waals surface area contributed by atoms with Gasteiger partial charge in [-0.05, 0) is 19.4 Å². The first kappa shape index (κ1) is 15.9. The van der Waals surface area contributed by atoms with Gasteiger partial charge in [0.1, 0.15) is 5.82 Å². The number of anilines is 1. The zero-order valence-electron chi connectivity index (χ0n) is 14.7. The fourth-order valence-electron chi connectivity index (χ4n) is 3.49. The summed E-state index contributed by atoms with van der Waals surface area (Å²) in [5, 5.41) is 15.7. The summed E-state index contributed by atoms with van der Waals surface area (Å²) < 4.78 is 1.97. The lowest BCUT2D eigenvalue weighted by atomic mass is 10.1. The number of hydrogen-bond donors (Lipinski definition) is 2. The molecule has 0 bridgehead atoms. The van der Waals surface area contributed by atoms with E-state index in [4.69, 9.17) is 0 Å². The zero-order valence-corrected chi connectivity index (χ0v) is 14.7. The van der Waals surface area contributed by atoms with Crippen molar-refractivity contribution in [2.75, 3.05) is 18.0 Å². The van der Waals surface area contributed by atoms with Gasteiger partial charge in [0.25, 0.3) is 0 Å². The average molecular weight is 336 g/mol. The number of rotatable bonds is 5. The highest BCUT2D eigenvalue weighted by molar-refractivity contribution is 5.58. The minimum atomic E-state index is 0.485. The molecule has 3 aromatic rings. The van der Waals surface area contributed by atoms with Crippen LogP contribution in [0, 0.1) is 6.92 Å². The van der Waals surface area contributed by atoms with Crippen molar-refractivity contribution in [3.05, 3.63) is 53.9 Å². The molecule has 1 aromatic carbocycles. The molecule has 3 heterocycles. The molecule has 0 saturated carbocycles. The molecule has 1 saturated heterocycles. The Labute approximate surface area is 147 Å². The number of aromatic amines is 1. The molecule has 0 spiro atoms. The molecule has 1 unspecified atom stereocenters. The number of H-pyrrole nitrogens is 1. The fourth-order valence-corrected chi connectivity index (χ4v) is 3.49. The highest BCUT2D eigenvalue weighted by atomic mass is 15.4. The summed E-state index contributed by atoms with van der Waals surface area (Å²) in [6, 6.07) is 15.0. The van der Waals surface area contributed by atoms with Crippen molar-refractivity contribution in [3.63, 3.8) is 0 Å². The molecule has 25 heavy (non-hydrogen) atoms. The van der Waals surface area contributed by atoms with Gasteiger partial charge >= 0.3 is 0 Å². The lowest BCUT2D eigenvalue weighted by Gasteiger charge is -2.18. The molecule has 2 aromatic heterocycles. The highest BCUT2D eigenvalue weighted by Gasteiger charge is 2.24. The maximum atomic E-state index is 4.45. The molecule has 0 radical (unpaired) electrons. The molecule has 0 aliphatic carbocycles. The number of nitrogens with one attached hydrogen (secondary N) is 2. The van der Waals surface area contributed by atoms with E-state index in [1.54, 1.807) is 0 Å². The number of nitrogens with zero attached hydrogens (tertiary/aromatic N) is 4. The van der Waals surface area contributed by atoms with Crippen molar-refractivity contribution in [1.29, 1.82) is 0 Å². The Hall–Kier alpha value is -2.60. The Balaban J connectivity index is 1.34. The predicted molar refractivity (Wildman–Crippen MR) is 99.4 cm³/mol. The lowest BCUT2D eigenvalue weighted by Crippen LogP contribution is -2.32. The van der Waals surface area contributed by atoms with Gasteiger partial charge in [0.15, 0.2) is 0 Å². The topological polar surface area (TPSA) is 61.8 Å². The summed E-state index contributed by atoms with van der Waals surface area (Å²) >= 11 is 0. The van der Waals surface area contributed by atoms with E-state index < -0.39 is 0 Å². The first-order valence-electron chi connectivity index (χ1n) is 8.78. The van der Waals surface area contributed by atoms with E-state index in [0.717, 1.165) is 48.7 Å². The minimum absolute atomic E-state index is 0.485. The van der Waals surface area contributed by atoms with Crippen molar-refractivity contribution in [1.82, 2.24) is 25.3 Å². The van der Waals surface area contributed by atoms with Crippen molar-refractivity contribution in [2.45, 2.75) is 25.9 Å². The smallest absolute Gasteiger partial charge is 0.126 e. The first-order valence-corrected chi connectivity index (χ1v) is 8.78. The molecule has 1 aliphatic heterocycles. The molecule has 4 rings (SSSR count). The van der Waals surface area contributed by atoms with Crippen LogP contribution in [-0.2, 0) is 13.6 Å². The van der Waals surface area contributed by atoms with E-state index in [-0.39, 0.29) is 0 Å². The minimum Gasteiger partial charge on any atom is -0.355 e. The number of hydrogen-bond acceptors (Lipinski definition) is 4. The fraction of sp³-hybridized carbons (Fsp3) is 0.368. The Kier molecular flexibility index (Phi) is 4.28. The Bertz CT molecular complexity index is 835. The summed E-state index contributed by atoms with van der Waals surface area (Å²) in [6.45, 7) is 4.92. The third kappa shape index (κ3) is 3.44. The maximum Gasteiger partial charge on any atom is 0.126 e.